The van der Waals surface area contributed by atoms with E-state index in [9.17, 15) is 5.26 Å². The number of fused-ring (bicyclic) bond motifs is 3. The lowest BCUT2D eigenvalue weighted by Gasteiger charge is -2.50. The molecule has 2 aliphatic carbocycles. The molecule has 230 valence electrons. The van der Waals surface area contributed by atoms with Gasteiger partial charge in [-0.05, 0) is 83.4 Å². The summed E-state index contributed by atoms with van der Waals surface area (Å²) in [5, 5.41) is 11.6. The van der Waals surface area contributed by atoms with E-state index < -0.39 is 0 Å². The summed E-state index contributed by atoms with van der Waals surface area (Å²) in [5.41, 5.74) is 7.48. The molecule has 2 aliphatic rings. The molecular weight excluding hydrogens is 573 g/mol. The molecule has 1 unspecified atom stereocenters. The van der Waals surface area contributed by atoms with Gasteiger partial charge in [0.15, 0.2) is 17.5 Å². The van der Waals surface area contributed by atoms with Gasteiger partial charge in [0, 0.05) is 22.1 Å². The maximum absolute atomic E-state index is 9.79. The van der Waals surface area contributed by atoms with Crippen LogP contribution in [0.5, 0.6) is 0 Å². The first-order valence-electron chi connectivity index (χ1n) is 16.9. The number of nitriles is 1. The maximum atomic E-state index is 9.79. The van der Waals surface area contributed by atoms with Gasteiger partial charge in [0.25, 0.3) is 0 Å². The second kappa shape index (κ2) is 11.9. The molecule has 2 saturated carbocycles. The molecule has 0 spiro atoms. The molecular formula is C43H38N4. The highest BCUT2D eigenvalue weighted by Crippen LogP contribution is 2.54. The summed E-state index contributed by atoms with van der Waals surface area (Å²) < 4.78 is 0. The predicted molar refractivity (Wildman–Crippen MR) is 190 cm³/mol. The molecule has 4 nitrogen and oxygen atoms in total. The first kappa shape index (κ1) is 29.3. The number of benzene rings is 5. The molecule has 6 aromatic rings. The Hall–Kier alpha value is -5.14. The Morgan fingerprint density at radius 2 is 1.15 bits per heavy atom. The number of hydrogen-bond donors (Lipinski definition) is 0. The van der Waals surface area contributed by atoms with Crippen LogP contribution in [-0.2, 0) is 5.41 Å². The van der Waals surface area contributed by atoms with E-state index in [0.29, 0.717) is 28.5 Å². The molecule has 0 aliphatic heterocycles. The molecule has 2 fully saturated rings. The topological polar surface area (TPSA) is 62.5 Å². The van der Waals surface area contributed by atoms with Crippen LogP contribution in [0.15, 0.2) is 115 Å². The fourth-order valence-corrected chi connectivity index (χ4v) is 8.93. The summed E-state index contributed by atoms with van der Waals surface area (Å²) in [6, 6.07) is 42.1. The normalized spacial score (nSPS) is 22.1. The molecule has 2 bridgehead atoms. The molecule has 8 rings (SSSR count). The number of rotatable bonds is 5. The average molecular weight is 611 g/mol. The molecule has 4 atom stereocenters. The molecule has 1 aromatic heterocycles. The van der Waals surface area contributed by atoms with Gasteiger partial charge in [-0.15, -0.1) is 0 Å². The molecule has 5 aromatic carbocycles. The van der Waals surface area contributed by atoms with Crippen LogP contribution in [0.1, 0.15) is 57.1 Å². The van der Waals surface area contributed by atoms with Crippen LogP contribution in [0, 0.1) is 29.1 Å². The summed E-state index contributed by atoms with van der Waals surface area (Å²) in [6.45, 7) is 4.91. The standard InChI is InChI=1S/C43H38N4/c1-28-22-30-23-29(2)25-43(24-28,26-30)34-20-18-31(19-21-34)35-13-6-7-14-38(35)41-45-40(32-10-4-3-5-11-32)46-42(47-41)39-17-9-15-36-33(27-44)12-8-16-37(36)39/h3-21,28-30H,22-26H2,1-2H3/t28-,29+,30-,43?. The lowest BCUT2D eigenvalue weighted by atomic mass is 9.54. The van der Waals surface area contributed by atoms with Crippen LogP contribution < -0.4 is 0 Å². The van der Waals surface area contributed by atoms with Crippen molar-refractivity contribution < 1.29 is 0 Å². The van der Waals surface area contributed by atoms with E-state index in [0.717, 1.165) is 56.3 Å². The monoisotopic (exact) mass is 610 g/mol. The Balaban J connectivity index is 1.25. The highest BCUT2D eigenvalue weighted by atomic mass is 15.0. The molecule has 47 heavy (non-hydrogen) atoms. The number of hydrogen-bond acceptors (Lipinski definition) is 4. The zero-order valence-corrected chi connectivity index (χ0v) is 27.0. The molecule has 0 amide bonds. The van der Waals surface area contributed by atoms with E-state index in [1.807, 2.05) is 66.7 Å². The number of nitrogens with zero attached hydrogens (tertiary/aromatic N) is 4. The minimum Gasteiger partial charge on any atom is -0.208 e. The molecule has 0 N–H and O–H groups in total. The Kier molecular flexibility index (Phi) is 7.41. The Morgan fingerprint density at radius 3 is 1.87 bits per heavy atom. The SMILES string of the molecule is C[C@@H]1C[C@@H]2C[C@H](C)CC(c3ccc(-c4ccccc4-c4nc(-c5ccccc5)nc(-c5cccc6c(C#N)cccc56)n4)cc3)(C1)C2. The van der Waals surface area contributed by atoms with Crippen molar-refractivity contribution in [1.82, 2.24) is 15.0 Å². The van der Waals surface area contributed by atoms with Crippen molar-refractivity contribution in [3.05, 3.63) is 126 Å². The van der Waals surface area contributed by atoms with Crippen LogP contribution in [-0.4, -0.2) is 15.0 Å². The summed E-state index contributed by atoms with van der Waals surface area (Å²) in [5.74, 6) is 4.26. The minimum atomic E-state index is 0.301. The summed E-state index contributed by atoms with van der Waals surface area (Å²) in [6.07, 6.45) is 6.69. The van der Waals surface area contributed by atoms with Gasteiger partial charge < -0.3 is 0 Å². The lowest BCUT2D eigenvalue weighted by molar-refractivity contribution is 0.0780. The van der Waals surface area contributed by atoms with Crippen molar-refractivity contribution in [3.8, 4) is 51.4 Å². The highest BCUT2D eigenvalue weighted by Gasteiger charge is 2.45. The van der Waals surface area contributed by atoms with E-state index in [1.165, 1.54) is 37.7 Å². The van der Waals surface area contributed by atoms with Crippen LogP contribution in [0.4, 0.5) is 0 Å². The summed E-state index contributed by atoms with van der Waals surface area (Å²) in [4.78, 5) is 15.2. The predicted octanol–water partition coefficient (Wildman–Crippen LogP) is 10.7. The van der Waals surface area contributed by atoms with Gasteiger partial charge in [0.05, 0.1) is 11.6 Å². The van der Waals surface area contributed by atoms with E-state index in [2.05, 4.69) is 68.4 Å². The van der Waals surface area contributed by atoms with Crippen molar-refractivity contribution >= 4 is 10.8 Å². The molecule has 4 heteroatoms. The van der Waals surface area contributed by atoms with Gasteiger partial charge in [-0.1, -0.05) is 123 Å². The van der Waals surface area contributed by atoms with Crippen molar-refractivity contribution in [2.75, 3.05) is 0 Å². The zero-order chi connectivity index (χ0) is 32.0. The van der Waals surface area contributed by atoms with Crippen LogP contribution in [0.3, 0.4) is 0 Å². The highest BCUT2D eigenvalue weighted by molar-refractivity contribution is 5.98. The van der Waals surface area contributed by atoms with Crippen molar-refractivity contribution in [3.63, 3.8) is 0 Å². The van der Waals surface area contributed by atoms with E-state index in [-0.39, 0.29) is 0 Å². The lowest BCUT2D eigenvalue weighted by Crippen LogP contribution is -2.42. The molecule has 1 heterocycles. The van der Waals surface area contributed by atoms with Crippen molar-refractivity contribution in [2.24, 2.45) is 17.8 Å². The van der Waals surface area contributed by atoms with Gasteiger partial charge >= 0.3 is 0 Å². The quantitative estimate of drug-likeness (QED) is 0.195. The maximum Gasteiger partial charge on any atom is 0.164 e. The van der Waals surface area contributed by atoms with Crippen LogP contribution in [0.25, 0.3) is 56.1 Å². The van der Waals surface area contributed by atoms with Gasteiger partial charge in [-0.25, -0.2) is 15.0 Å². The van der Waals surface area contributed by atoms with Gasteiger partial charge in [0.2, 0.25) is 0 Å². The van der Waals surface area contributed by atoms with Gasteiger partial charge in [-0.2, -0.15) is 5.26 Å². The Morgan fingerprint density at radius 1 is 0.553 bits per heavy atom. The van der Waals surface area contributed by atoms with Crippen molar-refractivity contribution in [2.45, 2.75) is 51.4 Å². The third kappa shape index (κ3) is 5.40. The van der Waals surface area contributed by atoms with Gasteiger partial charge in [0.1, 0.15) is 0 Å². The third-order valence-electron chi connectivity index (χ3n) is 10.6. The first-order valence-corrected chi connectivity index (χ1v) is 16.9. The number of aromatic nitrogens is 3. The summed E-state index contributed by atoms with van der Waals surface area (Å²) >= 11 is 0. The zero-order valence-electron chi connectivity index (χ0n) is 27.0. The Bertz CT molecular complexity index is 2110. The Labute approximate surface area is 277 Å². The second-order valence-corrected chi connectivity index (χ2v) is 14.1. The molecule has 0 radical (unpaired) electrons. The summed E-state index contributed by atoms with van der Waals surface area (Å²) in [7, 11) is 0. The minimum absolute atomic E-state index is 0.301. The molecule has 0 saturated heterocycles. The second-order valence-electron chi connectivity index (χ2n) is 14.1. The van der Waals surface area contributed by atoms with Crippen LogP contribution in [0.2, 0.25) is 0 Å². The fraction of sp³-hybridized carbons (Fsp3) is 0.256. The first-order chi connectivity index (χ1) is 23.0. The van der Waals surface area contributed by atoms with E-state index >= 15 is 0 Å². The van der Waals surface area contributed by atoms with Crippen LogP contribution >= 0.6 is 0 Å². The van der Waals surface area contributed by atoms with Gasteiger partial charge in [-0.3, -0.25) is 0 Å². The van der Waals surface area contributed by atoms with E-state index in [4.69, 9.17) is 15.0 Å². The third-order valence-corrected chi connectivity index (χ3v) is 10.6. The average Bonchev–Trinajstić information content (AvgIpc) is 3.10. The largest absolute Gasteiger partial charge is 0.208 e. The van der Waals surface area contributed by atoms with E-state index in [1.54, 1.807) is 0 Å². The smallest absolute Gasteiger partial charge is 0.164 e. The van der Waals surface area contributed by atoms with Crippen molar-refractivity contribution in [1.29, 1.82) is 5.26 Å². The fourth-order valence-electron chi connectivity index (χ4n) is 8.93.